The molecule has 0 bridgehead atoms. The second kappa shape index (κ2) is 8.38. The van der Waals surface area contributed by atoms with Gasteiger partial charge in [0.1, 0.15) is 6.10 Å². The number of benzene rings is 2. The minimum Gasteiger partial charge on any atom is -0.490 e. The van der Waals surface area contributed by atoms with Crippen LogP contribution in [0.25, 0.3) is 0 Å². The van der Waals surface area contributed by atoms with Gasteiger partial charge in [-0.1, -0.05) is 41.9 Å². The Hall–Kier alpha value is -1.75. The van der Waals surface area contributed by atoms with Gasteiger partial charge in [0.2, 0.25) is 0 Å². The summed E-state index contributed by atoms with van der Waals surface area (Å²) in [7, 11) is 1.62. The van der Waals surface area contributed by atoms with Crippen molar-refractivity contribution in [2.75, 3.05) is 20.3 Å². The summed E-state index contributed by atoms with van der Waals surface area (Å²) < 4.78 is 17.6. The molecule has 2 rings (SSSR count). The van der Waals surface area contributed by atoms with E-state index in [1.54, 1.807) is 7.11 Å². The molecule has 0 fully saturated rings. The molecule has 0 radical (unpaired) electrons. The van der Waals surface area contributed by atoms with Crippen molar-refractivity contribution in [1.82, 2.24) is 0 Å². The number of hydrogen-bond donors (Lipinski definition) is 1. The van der Waals surface area contributed by atoms with E-state index < -0.39 is 5.60 Å². The quantitative estimate of drug-likeness (QED) is 0.782. The van der Waals surface area contributed by atoms with Crippen LogP contribution in [0.4, 0.5) is 0 Å². The Morgan fingerprint density at radius 1 is 1.08 bits per heavy atom. The molecular formula is C19H24ClNO3. The van der Waals surface area contributed by atoms with Crippen molar-refractivity contribution in [2.24, 2.45) is 5.73 Å². The molecule has 2 aromatic rings. The van der Waals surface area contributed by atoms with E-state index in [-0.39, 0.29) is 12.6 Å². The number of para-hydroxylation sites is 2. The Morgan fingerprint density at radius 3 is 2.29 bits per heavy atom. The summed E-state index contributed by atoms with van der Waals surface area (Å²) in [6, 6.07) is 15.1. The Bertz CT molecular complexity index is 661. The molecule has 2 aromatic carbocycles. The molecule has 0 saturated carbocycles. The zero-order valence-electron chi connectivity index (χ0n) is 14.3. The van der Waals surface area contributed by atoms with Crippen molar-refractivity contribution in [3.05, 3.63) is 59.1 Å². The fraction of sp³-hybridized carbons (Fsp3) is 0.368. The molecule has 5 heteroatoms. The van der Waals surface area contributed by atoms with Crippen LogP contribution in [0.5, 0.6) is 11.5 Å². The molecule has 0 aliphatic carbocycles. The van der Waals surface area contributed by atoms with Gasteiger partial charge in [-0.3, -0.25) is 0 Å². The summed E-state index contributed by atoms with van der Waals surface area (Å²) >= 11 is 6.43. The first kappa shape index (κ1) is 18.6. The Kier molecular flexibility index (Phi) is 6.49. The van der Waals surface area contributed by atoms with Crippen LogP contribution in [0.2, 0.25) is 5.02 Å². The molecule has 2 N–H and O–H groups in total. The normalized spacial score (nSPS) is 14.7. The van der Waals surface area contributed by atoms with Gasteiger partial charge in [-0.05, 0) is 32.0 Å². The fourth-order valence-corrected chi connectivity index (χ4v) is 3.06. The molecule has 130 valence electrons. The van der Waals surface area contributed by atoms with Crippen molar-refractivity contribution in [1.29, 1.82) is 0 Å². The maximum absolute atomic E-state index is 6.43. The van der Waals surface area contributed by atoms with Gasteiger partial charge in [-0.15, -0.1) is 0 Å². The standard InChI is InChI=1S/C19H24ClNO3/c1-4-23-16-11-7-8-12-17(16)24-19(2,18(13-21)22-3)14-9-5-6-10-15(14)20/h5-12,18H,4,13,21H2,1-3H3. The highest BCUT2D eigenvalue weighted by atomic mass is 35.5. The lowest BCUT2D eigenvalue weighted by molar-refractivity contribution is -0.0647. The van der Waals surface area contributed by atoms with Crippen LogP contribution in [0.1, 0.15) is 19.4 Å². The van der Waals surface area contributed by atoms with Gasteiger partial charge in [0.05, 0.1) is 6.61 Å². The molecule has 0 aromatic heterocycles. The van der Waals surface area contributed by atoms with E-state index >= 15 is 0 Å². The fourth-order valence-electron chi connectivity index (χ4n) is 2.74. The number of nitrogens with two attached hydrogens (primary N) is 1. The predicted molar refractivity (Wildman–Crippen MR) is 96.9 cm³/mol. The van der Waals surface area contributed by atoms with Crippen LogP contribution >= 0.6 is 11.6 Å². The van der Waals surface area contributed by atoms with Crippen LogP contribution in [-0.2, 0) is 10.3 Å². The summed E-state index contributed by atoms with van der Waals surface area (Å²) in [5.74, 6) is 1.29. The molecule has 2 unspecified atom stereocenters. The first-order chi connectivity index (χ1) is 11.6. The summed E-state index contributed by atoms with van der Waals surface area (Å²) in [5, 5.41) is 0.601. The average Bonchev–Trinajstić information content (AvgIpc) is 2.58. The highest BCUT2D eigenvalue weighted by Crippen LogP contribution is 2.39. The summed E-state index contributed by atoms with van der Waals surface area (Å²) in [4.78, 5) is 0. The third-order valence-electron chi connectivity index (χ3n) is 3.99. The van der Waals surface area contributed by atoms with Crippen LogP contribution < -0.4 is 15.2 Å². The van der Waals surface area contributed by atoms with Crippen LogP contribution in [0.15, 0.2) is 48.5 Å². The van der Waals surface area contributed by atoms with Crippen molar-refractivity contribution in [2.45, 2.75) is 25.6 Å². The summed E-state index contributed by atoms with van der Waals surface area (Å²) in [5.41, 5.74) is 5.88. The monoisotopic (exact) mass is 349 g/mol. The van der Waals surface area contributed by atoms with E-state index in [0.29, 0.717) is 23.1 Å². The first-order valence-electron chi connectivity index (χ1n) is 7.95. The zero-order chi connectivity index (χ0) is 17.6. The van der Waals surface area contributed by atoms with Gasteiger partial charge in [0, 0.05) is 24.2 Å². The maximum atomic E-state index is 6.43. The minimum atomic E-state index is -0.866. The maximum Gasteiger partial charge on any atom is 0.162 e. The van der Waals surface area contributed by atoms with Gasteiger partial charge in [0.25, 0.3) is 0 Å². The number of rotatable bonds is 8. The van der Waals surface area contributed by atoms with E-state index in [9.17, 15) is 0 Å². The molecule has 0 heterocycles. The SMILES string of the molecule is CCOc1ccccc1OC(C)(c1ccccc1Cl)C(CN)OC. The zero-order valence-corrected chi connectivity index (χ0v) is 15.0. The summed E-state index contributed by atoms with van der Waals surface area (Å²) in [6.07, 6.45) is -0.382. The molecule has 0 aliphatic heterocycles. The van der Waals surface area contributed by atoms with E-state index in [1.807, 2.05) is 62.4 Å². The number of hydrogen-bond acceptors (Lipinski definition) is 4. The Balaban J connectivity index is 2.50. The molecule has 24 heavy (non-hydrogen) atoms. The number of ether oxygens (including phenoxy) is 3. The molecular weight excluding hydrogens is 326 g/mol. The smallest absolute Gasteiger partial charge is 0.162 e. The topological polar surface area (TPSA) is 53.7 Å². The van der Waals surface area contributed by atoms with Crippen molar-refractivity contribution in [3.63, 3.8) is 0 Å². The van der Waals surface area contributed by atoms with Gasteiger partial charge in [-0.25, -0.2) is 0 Å². The van der Waals surface area contributed by atoms with Crippen LogP contribution in [0.3, 0.4) is 0 Å². The van der Waals surface area contributed by atoms with Crippen molar-refractivity contribution >= 4 is 11.6 Å². The molecule has 0 amide bonds. The third kappa shape index (κ3) is 3.83. The Morgan fingerprint density at radius 2 is 1.71 bits per heavy atom. The first-order valence-corrected chi connectivity index (χ1v) is 8.33. The lowest BCUT2D eigenvalue weighted by Crippen LogP contribution is -2.47. The highest BCUT2D eigenvalue weighted by Gasteiger charge is 2.40. The van der Waals surface area contributed by atoms with Gasteiger partial charge >= 0.3 is 0 Å². The number of halogens is 1. The molecule has 0 aliphatic rings. The van der Waals surface area contributed by atoms with Gasteiger partial charge in [-0.2, -0.15) is 0 Å². The average molecular weight is 350 g/mol. The van der Waals surface area contributed by atoms with Gasteiger partial charge in [0.15, 0.2) is 17.1 Å². The predicted octanol–water partition coefficient (Wildman–Crippen LogP) is 4.01. The molecule has 2 atom stereocenters. The second-order valence-corrected chi connectivity index (χ2v) is 5.94. The van der Waals surface area contributed by atoms with E-state index in [0.717, 1.165) is 5.56 Å². The van der Waals surface area contributed by atoms with E-state index in [2.05, 4.69) is 0 Å². The minimum absolute atomic E-state index is 0.287. The molecule has 0 spiro atoms. The molecule has 0 saturated heterocycles. The van der Waals surface area contributed by atoms with Crippen LogP contribution in [0, 0.1) is 0 Å². The van der Waals surface area contributed by atoms with E-state index in [1.165, 1.54) is 0 Å². The van der Waals surface area contributed by atoms with Gasteiger partial charge < -0.3 is 19.9 Å². The van der Waals surface area contributed by atoms with Crippen molar-refractivity contribution in [3.8, 4) is 11.5 Å². The van der Waals surface area contributed by atoms with E-state index in [4.69, 9.17) is 31.5 Å². The Labute approximate surface area is 148 Å². The third-order valence-corrected chi connectivity index (χ3v) is 4.32. The van der Waals surface area contributed by atoms with Crippen LogP contribution in [-0.4, -0.2) is 26.4 Å². The summed E-state index contributed by atoms with van der Waals surface area (Å²) in [6.45, 7) is 4.70. The number of methoxy groups -OCH3 is 1. The largest absolute Gasteiger partial charge is 0.490 e. The second-order valence-electron chi connectivity index (χ2n) is 5.53. The lowest BCUT2D eigenvalue weighted by Gasteiger charge is -2.38. The molecule has 4 nitrogen and oxygen atoms in total. The lowest BCUT2D eigenvalue weighted by atomic mass is 9.89. The highest BCUT2D eigenvalue weighted by molar-refractivity contribution is 6.31. The van der Waals surface area contributed by atoms with Crippen molar-refractivity contribution < 1.29 is 14.2 Å².